The molecule has 1 rings (SSSR count). The molecule has 1 heterocycles. The monoisotopic (exact) mass is 300 g/mol. The Bertz CT molecular complexity index is 303. The molecule has 0 aliphatic carbocycles. The van der Waals surface area contributed by atoms with Crippen LogP contribution < -0.4 is 5.32 Å². The van der Waals surface area contributed by atoms with Gasteiger partial charge in [0.25, 0.3) is 0 Å². The highest BCUT2D eigenvalue weighted by Gasteiger charge is 2.11. The predicted octanol–water partition coefficient (Wildman–Crippen LogP) is 3.31. The standard InChI is InChI=1S/C13H21BrN2O/c1-3-8-15-12(5-4-9-17-2)13-7-6-11(14)10-16-13/h6-7,10,12,15H,3-5,8-9H2,1-2H3. The molecule has 1 atom stereocenters. The fourth-order valence-corrected chi connectivity index (χ4v) is 1.93. The van der Waals surface area contributed by atoms with E-state index < -0.39 is 0 Å². The van der Waals surface area contributed by atoms with E-state index in [1.807, 2.05) is 12.3 Å². The number of hydrogen-bond donors (Lipinski definition) is 1. The van der Waals surface area contributed by atoms with Gasteiger partial charge in [-0.15, -0.1) is 0 Å². The van der Waals surface area contributed by atoms with Crippen LogP contribution in [0, 0.1) is 0 Å². The zero-order chi connectivity index (χ0) is 12.5. The number of aromatic nitrogens is 1. The van der Waals surface area contributed by atoms with Crippen molar-refractivity contribution in [2.45, 2.75) is 32.2 Å². The third-order valence-corrected chi connectivity index (χ3v) is 3.06. The molecule has 0 saturated heterocycles. The van der Waals surface area contributed by atoms with Crippen LogP contribution in [0.15, 0.2) is 22.8 Å². The Hall–Kier alpha value is -0.450. The average Bonchev–Trinajstić information content (AvgIpc) is 2.35. The Labute approximate surface area is 112 Å². The molecule has 17 heavy (non-hydrogen) atoms. The molecule has 1 N–H and O–H groups in total. The molecule has 0 aliphatic heterocycles. The molecule has 96 valence electrons. The van der Waals surface area contributed by atoms with E-state index in [2.05, 4.69) is 39.2 Å². The number of rotatable bonds is 8. The molecule has 3 nitrogen and oxygen atoms in total. The van der Waals surface area contributed by atoms with Crippen molar-refractivity contribution in [3.05, 3.63) is 28.5 Å². The number of halogens is 1. The first-order valence-electron chi connectivity index (χ1n) is 6.11. The molecule has 0 bridgehead atoms. The molecule has 1 unspecified atom stereocenters. The Morgan fingerprint density at radius 1 is 1.47 bits per heavy atom. The van der Waals surface area contributed by atoms with E-state index in [9.17, 15) is 0 Å². The lowest BCUT2D eigenvalue weighted by Crippen LogP contribution is -2.23. The summed E-state index contributed by atoms with van der Waals surface area (Å²) in [5.41, 5.74) is 1.11. The van der Waals surface area contributed by atoms with Gasteiger partial charge in [0.15, 0.2) is 0 Å². The van der Waals surface area contributed by atoms with E-state index in [1.165, 1.54) is 0 Å². The van der Waals surface area contributed by atoms with E-state index in [1.54, 1.807) is 7.11 Å². The van der Waals surface area contributed by atoms with Gasteiger partial charge in [0.2, 0.25) is 0 Å². The van der Waals surface area contributed by atoms with Crippen LogP contribution in [-0.4, -0.2) is 25.2 Å². The van der Waals surface area contributed by atoms with Gasteiger partial charge in [-0.2, -0.15) is 0 Å². The highest BCUT2D eigenvalue weighted by Crippen LogP contribution is 2.18. The number of pyridine rings is 1. The van der Waals surface area contributed by atoms with Crippen LogP contribution >= 0.6 is 15.9 Å². The summed E-state index contributed by atoms with van der Waals surface area (Å²) < 4.78 is 6.12. The van der Waals surface area contributed by atoms with Crippen LogP contribution in [0.3, 0.4) is 0 Å². The van der Waals surface area contributed by atoms with Gasteiger partial charge in [-0.05, 0) is 53.9 Å². The van der Waals surface area contributed by atoms with E-state index in [0.717, 1.165) is 42.6 Å². The number of hydrogen-bond acceptors (Lipinski definition) is 3. The lowest BCUT2D eigenvalue weighted by atomic mass is 10.1. The van der Waals surface area contributed by atoms with Crippen molar-refractivity contribution in [1.82, 2.24) is 10.3 Å². The smallest absolute Gasteiger partial charge is 0.0574 e. The van der Waals surface area contributed by atoms with Gasteiger partial charge in [-0.3, -0.25) is 4.98 Å². The normalized spacial score (nSPS) is 12.6. The van der Waals surface area contributed by atoms with E-state index in [4.69, 9.17) is 4.74 Å². The third kappa shape index (κ3) is 5.61. The Morgan fingerprint density at radius 2 is 2.29 bits per heavy atom. The highest BCUT2D eigenvalue weighted by atomic mass is 79.9. The van der Waals surface area contributed by atoms with E-state index in [-0.39, 0.29) is 0 Å². The van der Waals surface area contributed by atoms with Crippen molar-refractivity contribution in [3.63, 3.8) is 0 Å². The molecular weight excluding hydrogens is 280 g/mol. The maximum atomic E-state index is 5.10. The van der Waals surface area contributed by atoms with Crippen LogP contribution in [0.4, 0.5) is 0 Å². The van der Waals surface area contributed by atoms with Gasteiger partial charge in [-0.25, -0.2) is 0 Å². The van der Waals surface area contributed by atoms with Gasteiger partial charge in [0.1, 0.15) is 0 Å². The minimum atomic E-state index is 0.332. The molecule has 0 amide bonds. The zero-order valence-electron chi connectivity index (χ0n) is 10.6. The van der Waals surface area contributed by atoms with Crippen molar-refractivity contribution >= 4 is 15.9 Å². The minimum Gasteiger partial charge on any atom is -0.385 e. The first kappa shape index (κ1) is 14.6. The zero-order valence-corrected chi connectivity index (χ0v) is 12.2. The SMILES string of the molecule is CCCNC(CCCOC)c1ccc(Br)cn1. The predicted molar refractivity (Wildman–Crippen MR) is 74.1 cm³/mol. The summed E-state index contributed by atoms with van der Waals surface area (Å²) in [5.74, 6) is 0. The van der Waals surface area contributed by atoms with Crippen LogP contribution in [0.5, 0.6) is 0 Å². The van der Waals surface area contributed by atoms with Crippen molar-refractivity contribution in [3.8, 4) is 0 Å². The second-order valence-corrected chi connectivity index (χ2v) is 4.96. The topological polar surface area (TPSA) is 34.1 Å². The minimum absolute atomic E-state index is 0.332. The summed E-state index contributed by atoms with van der Waals surface area (Å²) in [6, 6.07) is 4.45. The summed E-state index contributed by atoms with van der Waals surface area (Å²) >= 11 is 3.41. The molecule has 0 aliphatic rings. The molecule has 0 saturated carbocycles. The van der Waals surface area contributed by atoms with Crippen molar-refractivity contribution in [2.24, 2.45) is 0 Å². The van der Waals surface area contributed by atoms with Crippen LogP contribution in [0.2, 0.25) is 0 Å². The molecule has 0 radical (unpaired) electrons. The Balaban J connectivity index is 2.57. The second-order valence-electron chi connectivity index (χ2n) is 4.04. The van der Waals surface area contributed by atoms with Crippen LogP contribution in [0.1, 0.15) is 37.9 Å². The highest BCUT2D eigenvalue weighted by molar-refractivity contribution is 9.10. The quantitative estimate of drug-likeness (QED) is 0.748. The summed E-state index contributed by atoms with van der Waals surface area (Å²) in [4.78, 5) is 4.46. The van der Waals surface area contributed by atoms with Crippen molar-refractivity contribution in [1.29, 1.82) is 0 Å². The fraction of sp³-hybridized carbons (Fsp3) is 0.615. The number of nitrogens with zero attached hydrogens (tertiary/aromatic N) is 1. The first-order valence-corrected chi connectivity index (χ1v) is 6.91. The lowest BCUT2D eigenvalue weighted by Gasteiger charge is -2.17. The first-order chi connectivity index (χ1) is 8.27. The van der Waals surface area contributed by atoms with E-state index in [0.29, 0.717) is 6.04 Å². The van der Waals surface area contributed by atoms with Crippen LogP contribution in [0.25, 0.3) is 0 Å². The van der Waals surface area contributed by atoms with Gasteiger partial charge >= 0.3 is 0 Å². The Kier molecular flexibility index (Phi) is 7.40. The molecule has 0 fully saturated rings. The summed E-state index contributed by atoms with van der Waals surface area (Å²) in [7, 11) is 1.74. The van der Waals surface area contributed by atoms with Gasteiger partial charge in [-0.1, -0.05) is 6.92 Å². The fourth-order valence-electron chi connectivity index (χ4n) is 1.70. The van der Waals surface area contributed by atoms with Gasteiger partial charge in [0.05, 0.1) is 5.69 Å². The summed E-state index contributed by atoms with van der Waals surface area (Å²) in [6.07, 6.45) is 5.10. The van der Waals surface area contributed by atoms with Gasteiger partial charge in [0, 0.05) is 30.4 Å². The second kappa shape index (κ2) is 8.61. The maximum absolute atomic E-state index is 5.10. The molecule has 1 aromatic rings. The number of methoxy groups -OCH3 is 1. The van der Waals surface area contributed by atoms with Crippen LogP contribution in [-0.2, 0) is 4.74 Å². The maximum Gasteiger partial charge on any atom is 0.0574 e. The molecule has 0 aromatic carbocycles. The molecule has 0 spiro atoms. The average molecular weight is 301 g/mol. The number of ether oxygens (including phenoxy) is 1. The third-order valence-electron chi connectivity index (χ3n) is 2.59. The summed E-state index contributed by atoms with van der Waals surface area (Å²) in [5, 5.41) is 3.53. The largest absolute Gasteiger partial charge is 0.385 e. The molecular formula is C13H21BrN2O. The molecule has 1 aromatic heterocycles. The van der Waals surface area contributed by atoms with Crippen molar-refractivity contribution < 1.29 is 4.74 Å². The summed E-state index contributed by atoms with van der Waals surface area (Å²) in [6.45, 7) is 4.00. The van der Waals surface area contributed by atoms with Gasteiger partial charge < -0.3 is 10.1 Å². The van der Waals surface area contributed by atoms with E-state index >= 15 is 0 Å². The Morgan fingerprint density at radius 3 is 2.88 bits per heavy atom. The van der Waals surface area contributed by atoms with Crippen molar-refractivity contribution in [2.75, 3.05) is 20.3 Å². The lowest BCUT2D eigenvalue weighted by molar-refractivity contribution is 0.188. The number of nitrogens with one attached hydrogen (secondary N) is 1. The molecule has 4 heteroatoms.